The van der Waals surface area contributed by atoms with Gasteiger partial charge in [0.1, 0.15) is 18.1 Å². The molecule has 1 aromatic rings. The maximum Gasteiger partial charge on any atom is 0.225 e. The Bertz CT molecular complexity index is 498. The quantitative estimate of drug-likeness (QED) is 0.925. The Kier molecular flexibility index (Phi) is 5.73. The molecule has 1 N–H and O–H groups in total. The monoisotopic (exact) mass is 320 g/mol. The van der Waals surface area contributed by atoms with Gasteiger partial charge in [0.25, 0.3) is 0 Å². The number of carbonyl (C=O) groups is 1. The smallest absolute Gasteiger partial charge is 0.225 e. The fraction of sp³-hybridized carbons (Fsp3) is 0.722. The SMILES string of the molecule is O=C(C1CCN(Cc2ccc(CO)o2)CC1)N1CCCCCC1. The number of aliphatic hydroxyl groups excluding tert-OH is 1. The summed E-state index contributed by atoms with van der Waals surface area (Å²) in [5.74, 6) is 2.10. The highest BCUT2D eigenvalue weighted by molar-refractivity contribution is 5.79. The molecule has 5 heteroatoms. The first-order valence-corrected chi connectivity index (χ1v) is 8.96. The number of hydrogen-bond acceptors (Lipinski definition) is 4. The zero-order valence-electron chi connectivity index (χ0n) is 13.9. The Morgan fingerprint density at radius 3 is 2.30 bits per heavy atom. The predicted molar refractivity (Wildman–Crippen MR) is 87.7 cm³/mol. The van der Waals surface area contributed by atoms with Crippen LogP contribution in [0.4, 0.5) is 0 Å². The molecule has 2 saturated heterocycles. The molecule has 0 aromatic carbocycles. The molecular formula is C18H28N2O3. The van der Waals surface area contributed by atoms with Gasteiger partial charge in [-0.25, -0.2) is 0 Å². The summed E-state index contributed by atoms with van der Waals surface area (Å²) in [6.07, 6.45) is 6.75. The van der Waals surface area contributed by atoms with E-state index in [1.807, 2.05) is 12.1 Å². The molecule has 5 nitrogen and oxygen atoms in total. The van der Waals surface area contributed by atoms with E-state index < -0.39 is 0 Å². The van der Waals surface area contributed by atoms with Gasteiger partial charge in [0.05, 0.1) is 6.54 Å². The van der Waals surface area contributed by atoms with Crippen LogP contribution in [0.1, 0.15) is 50.0 Å². The largest absolute Gasteiger partial charge is 0.462 e. The molecule has 2 aliphatic heterocycles. The van der Waals surface area contributed by atoms with E-state index >= 15 is 0 Å². The van der Waals surface area contributed by atoms with Crippen LogP contribution in [-0.2, 0) is 17.9 Å². The Hall–Kier alpha value is -1.33. The van der Waals surface area contributed by atoms with Crippen molar-refractivity contribution in [1.82, 2.24) is 9.80 Å². The first-order chi connectivity index (χ1) is 11.3. The van der Waals surface area contributed by atoms with Crippen LogP contribution in [0.15, 0.2) is 16.5 Å². The third-order valence-corrected chi connectivity index (χ3v) is 5.11. The number of likely N-dealkylation sites (tertiary alicyclic amines) is 2. The van der Waals surface area contributed by atoms with Crippen molar-refractivity contribution >= 4 is 5.91 Å². The van der Waals surface area contributed by atoms with Gasteiger partial charge in [0, 0.05) is 19.0 Å². The highest BCUT2D eigenvalue weighted by Gasteiger charge is 2.29. The normalized spacial score (nSPS) is 21.3. The summed E-state index contributed by atoms with van der Waals surface area (Å²) in [4.78, 5) is 17.1. The second kappa shape index (κ2) is 7.97. The van der Waals surface area contributed by atoms with Crippen LogP contribution in [0, 0.1) is 5.92 Å². The van der Waals surface area contributed by atoms with E-state index in [1.54, 1.807) is 0 Å². The molecule has 2 fully saturated rings. The second-order valence-electron chi connectivity index (χ2n) is 6.82. The van der Waals surface area contributed by atoms with Crippen molar-refractivity contribution < 1.29 is 14.3 Å². The average Bonchev–Trinajstić information content (AvgIpc) is 2.86. The highest BCUT2D eigenvalue weighted by atomic mass is 16.4. The van der Waals surface area contributed by atoms with E-state index in [2.05, 4.69) is 9.80 Å². The minimum absolute atomic E-state index is 0.0492. The first kappa shape index (κ1) is 16.5. The fourth-order valence-electron chi connectivity index (χ4n) is 3.70. The predicted octanol–water partition coefficient (Wildman–Crippen LogP) is 2.39. The summed E-state index contributed by atoms with van der Waals surface area (Å²) in [5.41, 5.74) is 0. The van der Waals surface area contributed by atoms with Crippen molar-refractivity contribution in [2.24, 2.45) is 5.92 Å². The maximum atomic E-state index is 12.7. The summed E-state index contributed by atoms with van der Waals surface area (Å²) in [6.45, 7) is 4.51. The first-order valence-electron chi connectivity index (χ1n) is 8.96. The van der Waals surface area contributed by atoms with Crippen molar-refractivity contribution in [3.8, 4) is 0 Å². The number of carbonyl (C=O) groups excluding carboxylic acids is 1. The average molecular weight is 320 g/mol. The lowest BCUT2D eigenvalue weighted by molar-refractivity contribution is -0.137. The Morgan fingerprint density at radius 2 is 1.70 bits per heavy atom. The molecule has 128 valence electrons. The molecule has 0 spiro atoms. The van der Waals surface area contributed by atoms with E-state index in [0.29, 0.717) is 11.7 Å². The van der Waals surface area contributed by atoms with E-state index in [4.69, 9.17) is 9.52 Å². The van der Waals surface area contributed by atoms with Crippen molar-refractivity contribution in [2.75, 3.05) is 26.2 Å². The van der Waals surface area contributed by atoms with Crippen LogP contribution >= 0.6 is 0 Å². The molecule has 0 radical (unpaired) electrons. The van der Waals surface area contributed by atoms with Gasteiger partial charge in [-0.3, -0.25) is 9.69 Å². The number of aliphatic hydroxyl groups is 1. The van der Waals surface area contributed by atoms with E-state index in [0.717, 1.165) is 64.2 Å². The summed E-state index contributed by atoms with van der Waals surface area (Å²) < 4.78 is 5.55. The third kappa shape index (κ3) is 4.36. The molecule has 23 heavy (non-hydrogen) atoms. The summed E-state index contributed by atoms with van der Waals surface area (Å²) in [5, 5.41) is 9.05. The van der Waals surface area contributed by atoms with Crippen LogP contribution in [0.5, 0.6) is 0 Å². The van der Waals surface area contributed by atoms with E-state index in [-0.39, 0.29) is 12.5 Å². The zero-order valence-corrected chi connectivity index (χ0v) is 13.9. The standard InChI is InChI=1S/C18H28N2O3/c21-14-17-6-5-16(23-17)13-19-11-7-15(8-12-19)18(22)20-9-3-1-2-4-10-20/h5-6,15,21H,1-4,7-14H2. The number of amides is 1. The van der Waals surface area contributed by atoms with Gasteiger partial charge >= 0.3 is 0 Å². The number of rotatable bonds is 4. The Labute approximate surface area is 138 Å². The minimum atomic E-state index is -0.0492. The molecule has 1 aromatic heterocycles. The molecule has 1 amide bonds. The van der Waals surface area contributed by atoms with Crippen molar-refractivity contribution in [2.45, 2.75) is 51.7 Å². The number of hydrogen-bond donors (Lipinski definition) is 1. The molecule has 3 rings (SSSR count). The van der Waals surface area contributed by atoms with Crippen LogP contribution in [0.3, 0.4) is 0 Å². The molecule has 0 aliphatic carbocycles. The zero-order chi connectivity index (χ0) is 16.1. The van der Waals surface area contributed by atoms with Gasteiger partial charge in [0.15, 0.2) is 0 Å². The van der Waals surface area contributed by atoms with Crippen LogP contribution in [-0.4, -0.2) is 47.0 Å². The number of nitrogens with zero attached hydrogens (tertiary/aromatic N) is 2. The van der Waals surface area contributed by atoms with E-state index in [9.17, 15) is 4.79 Å². The molecule has 0 atom stereocenters. The van der Waals surface area contributed by atoms with Crippen molar-refractivity contribution in [3.63, 3.8) is 0 Å². The lowest BCUT2D eigenvalue weighted by Crippen LogP contribution is -2.42. The van der Waals surface area contributed by atoms with Crippen LogP contribution in [0.2, 0.25) is 0 Å². The second-order valence-corrected chi connectivity index (χ2v) is 6.82. The lowest BCUT2D eigenvalue weighted by atomic mass is 9.95. The third-order valence-electron chi connectivity index (χ3n) is 5.11. The lowest BCUT2D eigenvalue weighted by Gasteiger charge is -2.33. The van der Waals surface area contributed by atoms with Crippen LogP contribution in [0.25, 0.3) is 0 Å². The Morgan fingerprint density at radius 1 is 1.04 bits per heavy atom. The molecule has 0 saturated carbocycles. The van der Waals surface area contributed by atoms with Gasteiger partial charge in [-0.1, -0.05) is 12.8 Å². The fourth-order valence-corrected chi connectivity index (χ4v) is 3.70. The number of piperidine rings is 1. The summed E-state index contributed by atoms with van der Waals surface area (Å²) >= 11 is 0. The highest BCUT2D eigenvalue weighted by Crippen LogP contribution is 2.23. The molecular weight excluding hydrogens is 292 g/mol. The molecule has 0 unspecified atom stereocenters. The maximum absolute atomic E-state index is 12.7. The van der Waals surface area contributed by atoms with Crippen molar-refractivity contribution in [3.05, 3.63) is 23.7 Å². The van der Waals surface area contributed by atoms with Gasteiger partial charge < -0.3 is 14.4 Å². The summed E-state index contributed by atoms with van der Waals surface area (Å²) in [6, 6.07) is 3.75. The molecule has 0 bridgehead atoms. The Balaban J connectivity index is 1.46. The van der Waals surface area contributed by atoms with Gasteiger partial charge in [-0.15, -0.1) is 0 Å². The molecule has 3 heterocycles. The van der Waals surface area contributed by atoms with Crippen LogP contribution < -0.4 is 0 Å². The topological polar surface area (TPSA) is 56.9 Å². The van der Waals surface area contributed by atoms with Gasteiger partial charge in [0.2, 0.25) is 5.91 Å². The van der Waals surface area contributed by atoms with E-state index in [1.165, 1.54) is 12.8 Å². The molecule has 2 aliphatic rings. The number of furan rings is 1. The van der Waals surface area contributed by atoms with Crippen molar-refractivity contribution in [1.29, 1.82) is 0 Å². The minimum Gasteiger partial charge on any atom is -0.462 e. The van der Waals surface area contributed by atoms with Gasteiger partial charge in [-0.2, -0.15) is 0 Å². The summed E-state index contributed by atoms with van der Waals surface area (Å²) in [7, 11) is 0. The van der Waals surface area contributed by atoms with Gasteiger partial charge in [-0.05, 0) is 50.9 Å².